The van der Waals surface area contributed by atoms with Crippen LogP contribution in [0.3, 0.4) is 0 Å². The van der Waals surface area contributed by atoms with Crippen molar-refractivity contribution in [2.75, 3.05) is 9.80 Å². The van der Waals surface area contributed by atoms with E-state index in [-0.39, 0.29) is 17.5 Å². The van der Waals surface area contributed by atoms with Gasteiger partial charge in [0.1, 0.15) is 0 Å². The van der Waals surface area contributed by atoms with Crippen LogP contribution in [-0.2, 0) is 10.8 Å². The standard InChI is InChI=1S/C66H55BN4/c1-65(2,3)53-28-30-59-57(42-53)67-58-43-54(66(4,5)6)29-31-60(58)71(56-38-50(46-24-15-9-16-25-46)35-51(39-56)47-26-17-10-18-27-47)62-41-52(64-68-32-19-33-69-64)40-61(63(62)67)70(59)55-36-48(44-20-11-7-12-21-44)34-49(37-55)45-22-13-8-14-23-45/h7-43H,1-6H3. The van der Waals surface area contributed by atoms with Crippen molar-refractivity contribution in [3.63, 3.8) is 0 Å². The molecule has 0 N–H and O–H groups in total. The predicted molar refractivity (Wildman–Crippen MR) is 301 cm³/mol. The summed E-state index contributed by atoms with van der Waals surface area (Å²) in [5.41, 5.74) is 23.2. The van der Waals surface area contributed by atoms with E-state index in [1.54, 1.807) is 0 Å². The van der Waals surface area contributed by atoms with Gasteiger partial charge in [0.15, 0.2) is 5.82 Å². The van der Waals surface area contributed by atoms with Gasteiger partial charge in [-0.3, -0.25) is 0 Å². The number of anilines is 6. The lowest BCUT2D eigenvalue weighted by Gasteiger charge is -2.45. The zero-order valence-corrected chi connectivity index (χ0v) is 41.2. The molecular weight excluding hydrogens is 860 g/mol. The van der Waals surface area contributed by atoms with Crippen molar-refractivity contribution >= 4 is 57.2 Å². The molecule has 5 heteroatoms. The van der Waals surface area contributed by atoms with Gasteiger partial charge in [0, 0.05) is 52.1 Å². The van der Waals surface area contributed by atoms with Gasteiger partial charge in [-0.1, -0.05) is 187 Å². The van der Waals surface area contributed by atoms with E-state index < -0.39 is 0 Å². The molecule has 0 fully saturated rings. The normalized spacial score (nSPS) is 12.8. The quantitative estimate of drug-likeness (QED) is 0.149. The number of nitrogens with zero attached hydrogens (tertiary/aromatic N) is 4. The van der Waals surface area contributed by atoms with Crippen molar-refractivity contribution in [2.24, 2.45) is 0 Å². The lowest BCUT2D eigenvalue weighted by Crippen LogP contribution is -2.61. The largest absolute Gasteiger partial charge is 0.311 e. The van der Waals surface area contributed by atoms with Gasteiger partial charge in [0.2, 0.25) is 0 Å². The highest BCUT2D eigenvalue weighted by Gasteiger charge is 2.45. The molecule has 0 bridgehead atoms. The first-order chi connectivity index (χ1) is 34.5. The van der Waals surface area contributed by atoms with Gasteiger partial charge in [0.05, 0.1) is 0 Å². The minimum atomic E-state index is -0.0929. The molecular formula is C66H55BN4. The Labute approximate surface area is 419 Å². The first-order valence-corrected chi connectivity index (χ1v) is 24.8. The highest BCUT2D eigenvalue weighted by atomic mass is 15.2. The molecule has 12 rings (SSSR count). The summed E-state index contributed by atoms with van der Waals surface area (Å²) in [6.07, 6.45) is 3.70. The summed E-state index contributed by atoms with van der Waals surface area (Å²) in [5.74, 6) is 0.678. The molecule has 4 nitrogen and oxygen atoms in total. The molecule has 0 aliphatic carbocycles. The maximum absolute atomic E-state index is 4.94. The smallest absolute Gasteiger partial charge is 0.252 e. The molecule has 71 heavy (non-hydrogen) atoms. The van der Waals surface area contributed by atoms with Crippen LogP contribution >= 0.6 is 0 Å². The fourth-order valence-electron chi connectivity index (χ4n) is 10.7. The topological polar surface area (TPSA) is 32.3 Å². The molecule has 0 unspecified atom stereocenters. The Hall–Kier alpha value is -8.28. The van der Waals surface area contributed by atoms with E-state index in [2.05, 4.69) is 258 Å². The number of aromatic nitrogens is 2. The molecule has 9 aromatic carbocycles. The van der Waals surface area contributed by atoms with E-state index in [0.717, 1.165) is 61.9 Å². The van der Waals surface area contributed by atoms with Crippen LogP contribution < -0.4 is 26.2 Å². The lowest BCUT2D eigenvalue weighted by atomic mass is 9.33. The van der Waals surface area contributed by atoms with Crippen molar-refractivity contribution in [3.8, 4) is 55.9 Å². The molecule has 0 radical (unpaired) electrons. The van der Waals surface area contributed by atoms with Crippen LogP contribution in [0, 0.1) is 0 Å². The minimum Gasteiger partial charge on any atom is -0.311 e. The minimum absolute atomic E-state index is 0.0896. The Bertz CT molecular complexity index is 3270. The Morgan fingerprint density at radius 1 is 0.324 bits per heavy atom. The summed E-state index contributed by atoms with van der Waals surface area (Å²) in [4.78, 5) is 15.0. The van der Waals surface area contributed by atoms with Crippen LogP contribution in [0.4, 0.5) is 34.1 Å². The summed E-state index contributed by atoms with van der Waals surface area (Å²) in [5, 5.41) is 0. The average Bonchev–Trinajstić information content (AvgIpc) is 3.40. The highest BCUT2D eigenvalue weighted by Crippen LogP contribution is 2.49. The van der Waals surface area contributed by atoms with Crippen molar-refractivity contribution in [2.45, 2.75) is 52.4 Å². The average molecular weight is 915 g/mol. The van der Waals surface area contributed by atoms with Gasteiger partial charge in [-0.15, -0.1) is 0 Å². The van der Waals surface area contributed by atoms with Gasteiger partial charge in [0.25, 0.3) is 6.71 Å². The highest BCUT2D eigenvalue weighted by molar-refractivity contribution is 7.00. The molecule has 2 aliphatic heterocycles. The zero-order valence-electron chi connectivity index (χ0n) is 41.2. The zero-order chi connectivity index (χ0) is 48.4. The van der Waals surface area contributed by atoms with Crippen molar-refractivity contribution in [1.29, 1.82) is 0 Å². The van der Waals surface area contributed by atoms with E-state index in [1.165, 1.54) is 49.8 Å². The van der Waals surface area contributed by atoms with Gasteiger partial charge in [-0.05, 0) is 150 Å². The third kappa shape index (κ3) is 8.02. The van der Waals surface area contributed by atoms with E-state index in [4.69, 9.17) is 9.97 Å². The Balaban J connectivity index is 1.22. The fourth-order valence-corrected chi connectivity index (χ4v) is 10.7. The van der Waals surface area contributed by atoms with Crippen molar-refractivity contribution < 1.29 is 0 Å². The predicted octanol–water partition coefficient (Wildman–Crippen LogP) is 15.5. The number of fused-ring (bicyclic) bond motifs is 4. The number of benzene rings is 9. The maximum Gasteiger partial charge on any atom is 0.252 e. The molecule has 3 heterocycles. The third-order valence-corrected chi connectivity index (χ3v) is 14.4. The Morgan fingerprint density at radius 3 is 1.01 bits per heavy atom. The van der Waals surface area contributed by atoms with Gasteiger partial charge in [-0.2, -0.15) is 0 Å². The Morgan fingerprint density at radius 2 is 0.676 bits per heavy atom. The molecule has 2 aliphatic rings. The first kappa shape index (κ1) is 44.0. The monoisotopic (exact) mass is 914 g/mol. The van der Waals surface area contributed by atoms with Crippen LogP contribution in [0.5, 0.6) is 0 Å². The van der Waals surface area contributed by atoms with Gasteiger partial charge in [-0.25, -0.2) is 9.97 Å². The van der Waals surface area contributed by atoms with Crippen LogP contribution in [0.25, 0.3) is 55.9 Å². The second-order valence-corrected chi connectivity index (χ2v) is 21.2. The molecule has 0 saturated heterocycles. The molecule has 0 spiro atoms. The van der Waals surface area contributed by atoms with Gasteiger partial charge >= 0.3 is 0 Å². The van der Waals surface area contributed by atoms with Crippen LogP contribution in [0.2, 0.25) is 0 Å². The molecule has 0 atom stereocenters. The lowest BCUT2D eigenvalue weighted by molar-refractivity contribution is 0.590. The summed E-state index contributed by atoms with van der Waals surface area (Å²) < 4.78 is 0. The second-order valence-electron chi connectivity index (χ2n) is 21.2. The van der Waals surface area contributed by atoms with Crippen molar-refractivity contribution in [1.82, 2.24) is 9.97 Å². The molecule has 0 amide bonds. The van der Waals surface area contributed by atoms with Crippen LogP contribution in [-0.4, -0.2) is 16.7 Å². The maximum atomic E-state index is 4.94. The number of hydrogen-bond acceptors (Lipinski definition) is 4. The number of rotatable bonds is 7. The van der Waals surface area contributed by atoms with E-state index in [9.17, 15) is 0 Å². The van der Waals surface area contributed by atoms with Crippen molar-refractivity contribution in [3.05, 3.63) is 236 Å². The van der Waals surface area contributed by atoms with E-state index in [1.807, 2.05) is 18.5 Å². The van der Waals surface area contributed by atoms with Crippen LogP contribution in [0.1, 0.15) is 52.7 Å². The molecule has 342 valence electrons. The molecule has 0 saturated carbocycles. The molecule has 10 aromatic rings. The second kappa shape index (κ2) is 17.3. The van der Waals surface area contributed by atoms with Gasteiger partial charge < -0.3 is 9.80 Å². The SMILES string of the molecule is CC(C)(C)c1ccc2c(c1)B1c3cc(C(C)(C)C)ccc3N(c3cc(-c4ccccc4)cc(-c4ccccc4)c3)c3cc(-c4ncccn4)cc(c31)N2c1cc(-c2ccccc2)cc(-c2ccccc2)c1. The van der Waals surface area contributed by atoms with E-state index in [0.29, 0.717) is 5.82 Å². The van der Waals surface area contributed by atoms with Crippen LogP contribution in [0.15, 0.2) is 225 Å². The summed E-state index contributed by atoms with van der Waals surface area (Å²) in [6, 6.07) is 78.4. The van der Waals surface area contributed by atoms with E-state index >= 15 is 0 Å². The Kier molecular flexibility index (Phi) is 10.7. The summed E-state index contributed by atoms with van der Waals surface area (Å²) in [7, 11) is 0. The third-order valence-electron chi connectivity index (χ3n) is 14.4. The summed E-state index contributed by atoms with van der Waals surface area (Å²) in [6.45, 7) is 13.9. The number of hydrogen-bond donors (Lipinski definition) is 0. The fraction of sp³-hybridized carbons (Fsp3) is 0.121. The summed E-state index contributed by atoms with van der Waals surface area (Å²) >= 11 is 0. The molecule has 1 aromatic heterocycles. The first-order valence-electron chi connectivity index (χ1n) is 24.8.